The number of hydrogen-bond acceptors (Lipinski definition) is 5. The van der Waals surface area contributed by atoms with E-state index in [2.05, 4.69) is 20.4 Å². The van der Waals surface area contributed by atoms with E-state index in [1.54, 1.807) is 0 Å². The molecular weight excluding hydrogens is 272 g/mol. The molecule has 0 bridgehead atoms. The topological polar surface area (TPSA) is 163 Å². The molecule has 0 saturated heterocycles. The molecule has 9 nitrogen and oxygen atoms in total. The Bertz CT molecular complexity index is 561. The van der Waals surface area contributed by atoms with Crippen LogP contribution in [0.4, 0.5) is 0 Å². The van der Waals surface area contributed by atoms with Gasteiger partial charge in [0.1, 0.15) is 5.75 Å². The molecule has 0 unspecified atom stereocenters. The van der Waals surface area contributed by atoms with E-state index >= 15 is 0 Å². The summed E-state index contributed by atoms with van der Waals surface area (Å²) in [7, 11) is 1.53. The molecule has 1 aromatic carbocycles. The highest BCUT2D eigenvalue weighted by Crippen LogP contribution is 2.23. The van der Waals surface area contributed by atoms with Crippen LogP contribution in [0.3, 0.4) is 0 Å². The number of hydrogen-bond donors (Lipinski definition) is 4. The molecule has 0 atom stereocenters. The van der Waals surface area contributed by atoms with Crippen LogP contribution in [0.15, 0.2) is 32.5 Å². The lowest BCUT2D eigenvalue weighted by molar-refractivity contribution is 0.413. The maximum absolute atomic E-state index is 5.34. The number of nitrogens with two attached hydrogens (primary N) is 4. The Morgan fingerprint density at radius 1 is 0.952 bits per heavy atom. The van der Waals surface area contributed by atoms with Gasteiger partial charge in [-0.3, -0.25) is 0 Å². The quantitative estimate of drug-likeness (QED) is 0.317. The van der Waals surface area contributed by atoms with Gasteiger partial charge in [-0.25, -0.2) is 0 Å². The van der Waals surface area contributed by atoms with E-state index in [9.17, 15) is 0 Å². The van der Waals surface area contributed by atoms with Crippen molar-refractivity contribution in [2.75, 3.05) is 7.11 Å². The molecular formula is C12H18N8O. The zero-order chi connectivity index (χ0) is 15.8. The van der Waals surface area contributed by atoms with E-state index in [4.69, 9.17) is 27.7 Å². The fourth-order valence-electron chi connectivity index (χ4n) is 1.57. The van der Waals surface area contributed by atoms with Crippen molar-refractivity contribution in [3.8, 4) is 5.75 Å². The SMILES string of the molecule is COc1c(/C=N\N=C(N)N)cc(C)cc1/C=N/N=C(N)N. The van der Waals surface area contributed by atoms with Gasteiger partial charge in [0.25, 0.3) is 0 Å². The molecule has 0 heterocycles. The predicted molar refractivity (Wildman–Crippen MR) is 84.5 cm³/mol. The van der Waals surface area contributed by atoms with Crippen LogP contribution < -0.4 is 27.7 Å². The number of guanidine groups is 2. The Morgan fingerprint density at radius 2 is 1.38 bits per heavy atom. The molecule has 21 heavy (non-hydrogen) atoms. The monoisotopic (exact) mass is 290 g/mol. The van der Waals surface area contributed by atoms with E-state index in [0.717, 1.165) is 5.56 Å². The standard InChI is InChI=1S/C12H18N8O/c1-7-3-8(5-17-19-11(13)14)10(21-2)9(4-7)6-18-20-12(15)16/h3-6H,1-2H3,(H4,13,14,19)(H4,15,16,20)/b17-5-,18-6+. The Kier molecular flexibility index (Phi) is 5.68. The van der Waals surface area contributed by atoms with Crippen molar-refractivity contribution < 1.29 is 4.74 Å². The first kappa shape index (κ1) is 16.0. The van der Waals surface area contributed by atoms with Gasteiger partial charge in [-0.15, -0.1) is 10.2 Å². The number of rotatable bonds is 5. The molecule has 0 aromatic heterocycles. The van der Waals surface area contributed by atoms with Gasteiger partial charge in [-0.2, -0.15) is 10.2 Å². The molecule has 112 valence electrons. The molecule has 0 saturated carbocycles. The van der Waals surface area contributed by atoms with Crippen LogP contribution in [0, 0.1) is 6.92 Å². The molecule has 0 radical (unpaired) electrons. The number of nitrogens with zero attached hydrogens (tertiary/aromatic N) is 4. The van der Waals surface area contributed by atoms with Gasteiger partial charge in [0.15, 0.2) is 0 Å². The Hall–Kier alpha value is -3.10. The minimum Gasteiger partial charge on any atom is -0.495 e. The minimum absolute atomic E-state index is 0.132. The summed E-state index contributed by atoms with van der Waals surface area (Å²) in [4.78, 5) is 0. The molecule has 9 heteroatoms. The minimum atomic E-state index is -0.132. The van der Waals surface area contributed by atoms with Crippen molar-refractivity contribution in [3.63, 3.8) is 0 Å². The van der Waals surface area contributed by atoms with E-state index in [-0.39, 0.29) is 11.9 Å². The Balaban J connectivity index is 3.24. The summed E-state index contributed by atoms with van der Waals surface area (Å²) in [5.74, 6) is 0.282. The van der Waals surface area contributed by atoms with Gasteiger partial charge in [-0.05, 0) is 24.6 Å². The van der Waals surface area contributed by atoms with Crippen LogP contribution in [0.2, 0.25) is 0 Å². The Morgan fingerprint density at radius 3 is 1.71 bits per heavy atom. The van der Waals surface area contributed by atoms with Crippen molar-refractivity contribution in [1.82, 2.24) is 0 Å². The van der Waals surface area contributed by atoms with Gasteiger partial charge >= 0.3 is 0 Å². The lowest BCUT2D eigenvalue weighted by atomic mass is 10.1. The highest BCUT2D eigenvalue weighted by Gasteiger charge is 2.07. The largest absolute Gasteiger partial charge is 0.495 e. The lowest BCUT2D eigenvalue weighted by Gasteiger charge is -2.09. The average molecular weight is 290 g/mol. The molecule has 0 aliphatic heterocycles. The summed E-state index contributed by atoms with van der Waals surface area (Å²) in [6, 6.07) is 3.73. The summed E-state index contributed by atoms with van der Waals surface area (Å²) >= 11 is 0. The third-order valence-corrected chi connectivity index (χ3v) is 2.23. The van der Waals surface area contributed by atoms with Crippen LogP contribution in [0.1, 0.15) is 16.7 Å². The number of methoxy groups -OCH3 is 1. The summed E-state index contributed by atoms with van der Waals surface area (Å²) in [6.07, 6.45) is 2.95. The smallest absolute Gasteiger partial charge is 0.211 e. The van der Waals surface area contributed by atoms with Crippen LogP contribution in [0.5, 0.6) is 5.75 Å². The van der Waals surface area contributed by atoms with Gasteiger partial charge in [0.05, 0.1) is 19.5 Å². The molecule has 0 fully saturated rings. The fourth-order valence-corrected chi connectivity index (χ4v) is 1.57. The average Bonchev–Trinajstić information content (AvgIpc) is 2.37. The first-order valence-corrected chi connectivity index (χ1v) is 5.86. The van der Waals surface area contributed by atoms with E-state index in [0.29, 0.717) is 16.9 Å². The molecule has 1 aromatic rings. The van der Waals surface area contributed by atoms with Crippen molar-refractivity contribution in [3.05, 3.63) is 28.8 Å². The van der Waals surface area contributed by atoms with Crippen LogP contribution in [-0.2, 0) is 0 Å². The molecule has 1 rings (SSSR count). The van der Waals surface area contributed by atoms with Crippen molar-refractivity contribution in [2.45, 2.75) is 6.92 Å². The second-order valence-electron chi connectivity index (χ2n) is 4.02. The highest BCUT2D eigenvalue weighted by molar-refractivity contribution is 5.93. The summed E-state index contributed by atoms with van der Waals surface area (Å²) in [5.41, 5.74) is 23.2. The summed E-state index contributed by atoms with van der Waals surface area (Å²) in [6.45, 7) is 1.91. The fraction of sp³-hybridized carbons (Fsp3) is 0.167. The van der Waals surface area contributed by atoms with Crippen molar-refractivity contribution in [2.24, 2.45) is 43.3 Å². The second kappa shape index (κ2) is 7.48. The molecule has 0 amide bonds. The molecule has 8 N–H and O–H groups in total. The second-order valence-corrected chi connectivity index (χ2v) is 4.02. The molecule has 0 spiro atoms. The molecule has 0 aliphatic carbocycles. The van der Waals surface area contributed by atoms with Crippen LogP contribution >= 0.6 is 0 Å². The highest BCUT2D eigenvalue weighted by atomic mass is 16.5. The number of benzene rings is 1. The lowest BCUT2D eigenvalue weighted by Crippen LogP contribution is -2.21. The van der Waals surface area contributed by atoms with Gasteiger partial charge in [0.2, 0.25) is 11.9 Å². The van der Waals surface area contributed by atoms with E-state index < -0.39 is 0 Å². The van der Waals surface area contributed by atoms with E-state index in [1.165, 1.54) is 19.5 Å². The van der Waals surface area contributed by atoms with Gasteiger partial charge < -0.3 is 27.7 Å². The third-order valence-electron chi connectivity index (χ3n) is 2.23. The zero-order valence-electron chi connectivity index (χ0n) is 11.8. The first-order chi connectivity index (χ1) is 9.93. The van der Waals surface area contributed by atoms with Gasteiger partial charge in [0, 0.05) is 11.1 Å². The summed E-state index contributed by atoms with van der Waals surface area (Å²) in [5, 5.41) is 14.6. The maximum atomic E-state index is 5.34. The Labute approximate surface area is 122 Å². The maximum Gasteiger partial charge on any atom is 0.211 e. The summed E-state index contributed by atoms with van der Waals surface area (Å²) < 4.78 is 5.34. The number of ether oxygens (including phenoxy) is 1. The molecule has 0 aliphatic rings. The van der Waals surface area contributed by atoms with Crippen LogP contribution in [-0.4, -0.2) is 31.5 Å². The zero-order valence-corrected chi connectivity index (χ0v) is 11.8. The normalized spacial score (nSPS) is 10.8. The number of aryl methyl sites for hydroxylation is 1. The third kappa shape index (κ3) is 5.19. The van der Waals surface area contributed by atoms with E-state index in [1.807, 2.05) is 19.1 Å². The predicted octanol–water partition coefficient (Wildman–Crippen LogP) is -0.782. The van der Waals surface area contributed by atoms with Gasteiger partial charge in [-0.1, -0.05) is 0 Å². The van der Waals surface area contributed by atoms with Crippen molar-refractivity contribution >= 4 is 24.3 Å². The van der Waals surface area contributed by atoms with Crippen LogP contribution in [0.25, 0.3) is 0 Å². The first-order valence-electron chi connectivity index (χ1n) is 5.86. The van der Waals surface area contributed by atoms with Crippen molar-refractivity contribution in [1.29, 1.82) is 0 Å².